The Kier molecular flexibility index (Phi) is 4.54. The summed E-state index contributed by atoms with van der Waals surface area (Å²) >= 11 is 0. The van der Waals surface area contributed by atoms with Crippen LogP contribution in [0.15, 0.2) is 11.5 Å². The number of ether oxygens (including phenoxy) is 1. The molecule has 0 bridgehead atoms. The molecule has 0 unspecified atom stereocenters. The average Bonchev–Trinajstić information content (AvgIpc) is 1.97. The van der Waals surface area contributed by atoms with E-state index in [0.717, 1.165) is 0 Å². The lowest BCUT2D eigenvalue weighted by molar-refractivity contribution is 0.139. The maximum atomic E-state index is 5.81. The summed E-state index contributed by atoms with van der Waals surface area (Å²) in [5.74, 6) is 1.19. The van der Waals surface area contributed by atoms with E-state index in [1.165, 1.54) is 5.57 Å². The molecule has 0 rings (SSSR count). The fraction of sp³-hybridized carbons (Fsp3) is 0.800. The fourth-order valence-electron chi connectivity index (χ4n) is 0.797. The number of allylic oxidation sites excluding steroid dienone is 1. The Labute approximate surface area is 83.1 Å². The van der Waals surface area contributed by atoms with E-state index in [1.807, 2.05) is 0 Å². The van der Waals surface area contributed by atoms with E-state index in [0.29, 0.717) is 11.9 Å². The van der Waals surface area contributed by atoms with Gasteiger partial charge in [0.1, 0.15) is 0 Å². The highest BCUT2D eigenvalue weighted by Crippen LogP contribution is 2.19. The minimum atomic E-state index is -1.53. The van der Waals surface area contributed by atoms with Crippen LogP contribution in [0.25, 0.3) is 0 Å². The summed E-state index contributed by atoms with van der Waals surface area (Å²) in [5.41, 5.74) is 1.19. The molecule has 0 fully saturated rings. The predicted molar refractivity (Wildman–Crippen MR) is 59.0 cm³/mol. The minimum absolute atomic E-state index is 0.478. The molecule has 0 radical (unpaired) electrons. The molecular weight excluding hydrogens is 180 g/mol. The van der Waals surface area contributed by atoms with Gasteiger partial charge in [0, 0.05) is 5.57 Å². The fourth-order valence-corrected chi connectivity index (χ4v) is 1.60. The van der Waals surface area contributed by atoms with Crippen molar-refractivity contribution in [1.82, 2.24) is 0 Å². The molecular formula is C10H22O2Si. The zero-order chi connectivity index (χ0) is 10.6. The first-order valence-electron chi connectivity index (χ1n) is 4.71. The standard InChI is InChI=1S/C10H22O2Si/c1-8(2)9(3)10(11-4)12-13(5,6)7/h8H,1-7H3/b10-9-. The number of hydrogen-bond acceptors (Lipinski definition) is 2. The van der Waals surface area contributed by atoms with Crippen LogP contribution < -0.4 is 0 Å². The Morgan fingerprint density at radius 2 is 1.62 bits per heavy atom. The van der Waals surface area contributed by atoms with Crippen molar-refractivity contribution in [3.05, 3.63) is 11.5 Å². The van der Waals surface area contributed by atoms with Crippen LogP contribution >= 0.6 is 0 Å². The summed E-state index contributed by atoms with van der Waals surface area (Å²) in [7, 11) is 0.135. The summed E-state index contributed by atoms with van der Waals surface area (Å²) in [6.45, 7) is 12.8. The summed E-state index contributed by atoms with van der Waals surface area (Å²) in [5, 5.41) is 0. The normalized spacial score (nSPS) is 14.2. The molecule has 0 aromatic rings. The van der Waals surface area contributed by atoms with Gasteiger partial charge in [0.05, 0.1) is 7.11 Å². The van der Waals surface area contributed by atoms with Gasteiger partial charge in [-0.25, -0.2) is 0 Å². The summed E-state index contributed by atoms with van der Waals surface area (Å²) in [6.07, 6.45) is 0. The average molecular weight is 202 g/mol. The lowest BCUT2D eigenvalue weighted by atomic mass is 10.1. The quantitative estimate of drug-likeness (QED) is 0.514. The first-order chi connectivity index (χ1) is 5.78. The van der Waals surface area contributed by atoms with Gasteiger partial charge in [-0.2, -0.15) is 0 Å². The molecule has 0 aliphatic carbocycles. The number of methoxy groups -OCH3 is 1. The van der Waals surface area contributed by atoms with E-state index in [4.69, 9.17) is 9.16 Å². The second-order valence-corrected chi connectivity index (χ2v) is 8.97. The Hall–Kier alpha value is -0.443. The number of hydrogen-bond donors (Lipinski definition) is 0. The molecule has 0 saturated heterocycles. The van der Waals surface area contributed by atoms with Gasteiger partial charge in [0.25, 0.3) is 5.95 Å². The van der Waals surface area contributed by atoms with Crippen LogP contribution in [0.2, 0.25) is 19.6 Å². The van der Waals surface area contributed by atoms with Gasteiger partial charge in [-0.15, -0.1) is 0 Å². The highest BCUT2D eigenvalue weighted by Gasteiger charge is 2.20. The SMILES string of the molecule is CO/C(O[Si](C)(C)C)=C(\C)C(C)C. The van der Waals surface area contributed by atoms with Crippen LogP contribution in [0.4, 0.5) is 0 Å². The second kappa shape index (κ2) is 4.70. The highest BCUT2D eigenvalue weighted by atomic mass is 28.4. The third-order valence-electron chi connectivity index (χ3n) is 1.77. The Morgan fingerprint density at radius 1 is 1.15 bits per heavy atom. The Bertz CT molecular complexity index is 190. The van der Waals surface area contributed by atoms with Crippen LogP contribution in [0.3, 0.4) is 0 Å². The molecule has 0 aliphatic rings. The molecule has 0 heterocycles. The van der Waals surface area contributed by atoms with Crippen molar-refractivity contribution >= 4 is 8.32 Å². The summed E-state index contributed by atoms with van der Waals surface area (Å²) < 4.78 is 11.0. The van der Waals surface area contributed by atoms with Gasteiger partial charge in [-0.3, -0.25) is 0 Å². The maximum Gasteiger partial charge on any atom is 0.264 e. The van der Waals surface area contributed by atoms with E-state index >= 15 is 0 Å². The third kappa shape index (κ3) is 4.98. The summed E-state index contributed by atoms with van der Waals surface area (Å²) in [6, 6.07) is 0. The van der Waals surface area contributed by atoms with E-state index in [9.17, 15) is 0 Å². The highest BCUT2D eigenvalue weighted by molar-refractivity contribution is 6.70. The lowest BCUT2D eigenvalue weighted by Crippen LogP contribution is -2.26. The van der Waals surface area contributed by atoms with Gasteiger partial charge in [-0.05, 0) is 32.5 Å². The second-order valence-electron chi connectivity index (χ2n) is 4.54. The molecule has 0 aromatic heterocycles. The van der Waals surface area contributed by atoms with Crippen LogP contribution in [-0.4, -0.2) is 15.4 Å². The van der Waals surface area contributed by atoms with Gasteiger partial charge in [-0.1, -0.05) is 13.8 Å². The molecule has 0 atom stereocenters. The topological polar surface area (TPSA) is 18.5 Å². The van der Waals surface area contributed by atoms with Gasteiger partial charge >= 0.3 is 0 Å². The molecule has 78 valence electrons. The Morgan fingerprint density at radius 3 is 1.85 bits per heavy atom. The van der Waals surface area contributed by atoms with Crippen molar-refractivity contribution in [3.8, 4) is 0 Å². The molecule has 0 aliphatic heterocycles. The molecule has 2 nitrogen and oxygen atoms in total. The van der Waals surface area contributed by atoms with Crippen LogP contribution in [0, 0.1) is 5.92 Å². The van der Waals surface area contributed by atoms with Crippen molar-refractivity contribution in [1.29, 1.82) is 0 Å². The first-order valence-corrected chi connectivity index (χ1v) is 8.12. The maximum absolute atomic E-state index is 5.81. The van der Waals surface area contributed by atoms with Crippen LogP contribution in [-0.2, 0) is 9.16 Å². The van der Waals surface area contributed by atoms with Crippen molar-refractivity contribution < 1.29 is 9.16 Å². The minimum Gasteiger partial charge on any atom is -0.520 e. The zero-order valence-electron chi connectivity index (χ0n) is 9.89. The van der Waals surface area contributed by atoms with Crippen LogP contribution in [0.1, 0.15) is 20.8 Å². The van der Waals surface area contributed by atoms with Crippen molar-refractivity contribution in [2.75, 3.05) is 7.11 Å². The van der Waals surface area contributed by atoms with Gasteiger partial charge in [0.15, 0.2) is 0 Å². The molecule has 0 saturated carbocycles. The van der Waals surface area contributed by atoms with Crippen molar-refractivity contribution in [3.63, 3.8) is 0 Å². The van der Waals surface area contributed by atoms with Gasteiger partial charge < -0.3 is 9.16 Å². The first kappa shape index (κ1) is 12.6. The third-order valence-corrected chi connectivity index (χ3v) is 2.57. The van der Waals surface area contributed by atoms with Crippen molar-refractivity contribution in [2.45, 2.75) is 40.4 Å². The molecule has 3 heteroatoms. The Balaban J connectivity index is 4.60. The van der Waals surface area contributed by atoms with E-state index in [1.54, 1.807) is 7.11 Å². The smallest absolute Gasteiger partial charge is 0.264 e. The van der Waals surface area contributed by atoms with E-state index in [-0.39, 0.29) is 0 Å². The zero-order valence-corrected chi connectivity index (χ0v) is 10.9. The number of rotatable bonds is 4. The molecule has 0 N–H and O–H groups in total. The largest absolute Gasteiger partial charge is 0.520 e. The molecule has 0 amide bonds. The molecule has 13 heavy (non-hydrogen) atoms. The monoisotopic (exact) mass is 202 g/mol. The van der Waals surface area contributed by atoms with Crippen molar-refractivity contribution in [2.24, 2.45) is 5.92 Å². The van der Waals surface area contributed by atoms with Crippen LogP contribution in [0.5, 0.6) is 0 Å². The van der Waals surface area contributed by atoms with E-state index < -0.39 is 8.32 Å². The predicted octanol–water partition coefficient (Wildman–Crippen LogP) is 3.37. The lowest BCUT2D eigenvalue weighted by Gasteiger charge is -2.23. The summed E-state index contributed by atoms with van der Waals surface area (Å²) in [4.78, 5) is 0. The molecule has 0 spiro atoms. The molecule has 0 aromatic carbocycles. The van der Waals surface area contributed by atoms with E-state index in [2.05, 4.69) is 40.4 Å². The van der Waals surface area contributed by atoms with Gasteiger partial charge in [0.2, 0.25) is 8.32 Å².